The van der Waals surface area contributed by atoms with Gasteiger partial charge in [-0.15, -0.1) is 23.1 Å². The predicted octanol–water partition coefficient (Wildman–Crippen LogP) is -1.78. The van der Waals surface area contributed by atoms with Crippen molar-refractivity contribution in [3.63, 3.8) is 0 Å². The van der Waals surface area contributed by atoms with Crippen molar-refractivity contribution in [2.45, 2.75) is 24.4 Å². The molecular formula is C12H16N6O8S3. The van der Waals surface area contributed by atoms with E-state index in [1.807, 2.05) is 0 Å². The van der Waals surface area contributed by atoms with Gasteiger partial charge in [-0.3, -0.25) is 18.9 Å². The first-order valence-corrected chi connectivity index (χ1v) is 10.9. The summed E-state index contributed by atoms with van der Waals surface area (Å²) in [6.07, 6.45) is 0.564. The maximum absolute atomic E-state index is 12.0. The lowest BCUT2D eigenvalue weighted by Gasteiger charge is -2.43. The minimum absolute atomic E-state index is 0.0142. The molecule has 1 aliphatic rings. The number of nitrogens with two attached hydrogens (primary N) is 2. The molecule has 0 saturated carbocycles. The number of β-lactam (4-membered cyclic amide) rings is 1. The number of nitrogens with zero attached hydrogens (tertiary/aromatic N) is 3. The van der Waals surface area contributed by atoms with Crippen LogP contribution in [-0.4, -0.2) is 63.4 Å². The van der Waals surface area contributed by atoms with Crippen molar-refractivity contribution in [3.8, 4) is 0 Å². The fraction of sp³-hybridized carbons (Fsp3) is 0.417. The highest BCUT2D eigenvalue weighted by Crippen LogP contribution is 2.32. The van der Waals surface area contributed by atoms with Gasteiger partial charge >= 0.3 is 16.3 Å². The van der Waals surface area contributed by atoms with Gasteiger partial charge in [0.2, 0.25) is 0 Å². The second-order valence-electron chi connectivity index (χ2n) is 5.28. The minimum Gasteiger partial charge on any atom is -0.389 e. The van der Waals surface area contributed by atoms with Gasteiger partial charge in [-0.2, -0.15) is 18.6 Å². The molecule has 1 fully saturated rings. The molecule has 6 N–H and O–H groups in total. The average molecular weight is 468 g/mol. The number of nitrogen functional groups attached to an aromatic ring is 1. The highest BCUT2D eigenvalue weighted by molar-refractivity contribution is 8.00. The van der Waals surface area contributed by atoms with Crippen molar-refractivity contribution in [2.75, 3.05) is 11.5 Å². The maximum Gasteiger partial charge on any atom is 0.363 e. The number of oxime groups is 1. The predicted molar refractivity (Wildman–Crippen MR) is 101 cm³/mol. The Morgan fingerprint density at radius 2 is 2.24 bits per heavy atom. The monoisotopic (exact) mass is 468 g/mol. The van der Waals surface area contributed by atoms with Crippen LogP contribution in [0.3, 0.4) is 0 Å². The van der Waals surface area contributed by atoms with Gasteiger partial charge in [-0.25, -0.2) is 4.98 Å². The Kier molecular flexibility index (Phi) is 7.73. The largest absolute Gasteiger partial charge is 0.389 e. The Labute approximate surface area is 172 Å². The third-order valence-corrected chi connectivity index (χ3v) is 6.32. The number of carbonyl (C=O) groups excluding carboxylic acids is 3. The van der Waals surface area contributed by atoms with E-state index in [1.165, 1.54) is 11.3 Å². The van der Waals surface area contributed by atoms with E-state index in [-0.39, 0.29) is 23.1 Å². The summed E-state index contributed by atoms with van der Waals surface area (Å²) >= 11 is 2.03. The van der Waals surface area contributed by atoms with Crippen LogP contribution in [0.1, 0.15) is 12.1 Å². The lowest BCUT2D eigenvalue weighted by Crippen LogP contribution is -2.70. The van der Waals surface area contributed by atoms with Crippen LogP contribution >= 0.6 is 23.1 Å². The number of rotatable bonds is 10. The summed E-state index contributed by atoms with van der Waals surface area (Å²) in [5, 5.41) is 6.48. The number of amides is 2. The molecule has 160 valence electrons. The number of hydrogen-bond acceptors (Lipinski definition) is 13. The first-order valence-electron chi connectivity index (χ1n) is 7.61. The molecule has 0 radical (unpaired) electrons. The number of hydrogen-bond donors (Lipinski definition) is 4. The maximum atomic E-state index is 12.0. The molecule has 1 aromatic heterocycles. The highest BCUT2D eigenvalue weighted by Gasteiger charge is 2.54. The zero-order chi connectivity index (χ0) is 21.6. The van der Waals surface area contributed by atoms with Crippen LogP contribution in [0.5, 0.6) is 0 Å². The summed E-state index contributed by atoms with van der Waals surface area (Å²) in [5.74, 6) is 2.06. The Morgan fingerprint density at radius 1 is 1.52 bits per heavy atom. The Hall–Kier alpha value is -2.47. The SMILES string of the molecule is NOC(=O)CCS[C@H]1[C@H](NC(=O)C=NOCc2csc(N)n2)C(=O)N1S(=O)(=O)O. The summed E-state index contributed by atoms with van der Waals surface area (Å²) in [6.45, 7) is -0.0356. The van der Waals surface area contributed by atoms with Gasteiger partial charge in [-0.1, -0.05) is 5.16 Å². The second-order valence-corrected chi connectivity index (χ2v) is 8.69. The third-order valence-electron chi connectivity index (χ3n) is 3.30. The molecule has 2 atom stereocenters. The Balaban J connectivity index is 1.89. The van der Waals surface area contributed by atoms with E-state index < -0.39 is 39.5 Å². The van der Waals surface area contributed by atoms with Crippen LogP contribution < -0.4 is 16.9 Å². The van der Waals surface area contributed by atoms with Crippen LogP contribution in [0, 0.1) is 0 Å². The fourth-order valence-electron chi connectivity index (χ4n) is 2.07. The number of carbonyl (C=O) groups is 3. The van der Waals surface area contributed by atoms with Crippen molar-refractivity contribution in [3.05, 3.63) is 11.1 Å². The summed E-state index contributed by atoms with van der Waals surface area (Å²) in [6, 6.07) is -1.27. The first-order chi connectivity index (χ1) is 13.6. The lowest BCUT2D eigenvalue weighted by molar-refractivity contribution is -0.143. The Bertz CT molecular complexity index is 903. The molecule has 0 bridgehead atoms. The zero-order valence-electron chi connectivity index (χ0n) is 14.5. The quantitative estimate of drug-likeness (QED) is 0.130. The molecule has 0 aliphatic carbocycles. The molecule has 2 amide bonds. The van der Waals surface area contributed by atoms with Crippen LogP contribution in [0.15, 0.2) is 10.5 Å². The molecule has 29 heavy (non-hydrogen) atoms. The molecule has 1 aromatic rings. The first kappa shape index (κ1) is 22.8. The van der Waals surface area contributed by atoms with E-state index in [0.29, 0.717) is 10.8 Å². The molecule has 17 heteroatoms. The van der Waals surface area contributed by atoms with Crippen LogP contribution in [0.2, 0.25) is 0 Å². The topological polar surface area (TPSA) is 217 Å². The number of anilines is 1. The molecule has 2 heterocycles. The number of aromatic nitrogens is 1. The van der Waals surface area contributed by atoms with Crippen molar-refractivity contribution in [1.29, 1.82) is 0 Å². The number of nitrogens with one attached hydrogen (secondary N) is 1. The van der Waals surface area contributed by atoms with E-state index in [2.05, 4.69) is 20.3 Å². The molecule has 14 nitrogen and oxygen atoms in total. The van der Waals surface area contributed by atoms with Crippen molar-refractivity contribution < 1.29 is 37.0 Å². The van der Waals surface area contributed by atoms with Crippen LogP contribution in [-0.2, 0) is 41.0 Å². The van der Waals surface area contributed by atoms with Gasteiger partial charge in [-0.05, 0) is 0 Å². The molecule has 1 saturated heterocycles. The normalized spacial score (nSPS) is 19.1. The zero-order valence-corrected chi connectivity index (χ0v) is 16.9. The number of thioether (sulfide) groups is 1. The molecular weight excluding hydrogens is 452 g/mol. The van der Waals surface area contributed by atoms with Gasteiger partial charge in [0, 0.05) is 11.1 Å². The van der Waals surface area contributed by atoms with Crippen molar-refractivity contribution >= 4 is 62.5 Å². The van der Waals surface area contributed by atoms with Gasteiger partial charge < -0.3 is 20.7 Å². The van der Waals surface area contributed by atoms with E-state index >= 15 is 0 Å². The van der Waals surface area contributed by atoms with E-state index in [9.17, 15) is 22.8 Å². The molecule has 0 aromatic carbocycles. The van der Waals surface area contributed by atoms with E-state index in [1.54, 1.807) is 5.38 Å². The lowest BCUT2D eigenvalue weighted by atomic mass is 10.1. The minimum atomic E-state index is -4.84. The second kappa shape index (κ2) is 9.83. The molecule has 0 unspecified atom stereocenters. The molecule has 0 spiro atoms. The van der Waals surface area contributed by atoms with Crippen molar-refractivity contribution in [2.24, 2.45) is 11.1 Å². The summed E-state index contributed by atoms with van der Waals surface area (Å²) in [4.78, 5) is 47.6. The summed E-state index contributed by atoms with van der Waals surface area (Å²) in [5.41, 5.74) is 5.96. The van der Waals surface area contributed by atoms with Crippen LogP contribution in [0.25, 0.3) is 0 Å². The smallest absolute Gasteiger partial charge is 0.363 e. The van der Waals surface area contributed by atoms with Gasteiger partial charge in [0.05, 0.1) is 12.1 Å². The fourth-order valence-corrected chi connectivity index (χ4v) is 4.99. The molecule has 1 aliphatic heterocycles. The van der Waals surface area contributed by atoms with Gasteiger partial charge in [0.25, 0.3) is 11.8 Å². The van der Waals surface area contributed by atoms with Crippen molar-refractivity contribution in [1.82, 2.24) is 14.6 Å². The van der Waals surface area contributed by atoms with E-state index in [4.69, 9.17) is 21.0 Å². The van der Waals surface area contributed by atoms with Crippen LogP contribution in [0.4, 0.5) is 5.13 Å². The third kappa shape index (κ3) is 6.26. The Morgan fingerprint density at radius 3 is 2.83 bits per heavy atom. The summed E-state index contributed by atoms with van der Waals surface area (Å²) in [7, 11) is -4.84. The van der Waals surface area contributed by atoms with Gasteiger partial charge in [0.1, 0.15) is 17.6 Å². The van der Waals surface area contributed by atoms with E-state index in [0.717, 1.165) is 18.0 Å². The number of thiazole rings is 1. The molecule has 2 rings (SSSR count). The standard InChI is InChI=1S/C12H16N6O8S3/c13-12-16-6(5-28-12)4-25-15-3-7(19)17-9-10(21)18(29(22,23)24)11(9)27-2-1-8(20)26-14/h3,5,9,11H,1-2,4,14H2,(H2,13,16)(H,17,19)(H,22,23,24)/t9-,11+/m1/s1. The average Bonchev–Trinajstić information content (AvgIpc) is 3.06. The van der Waals surface area contributed by atoms with Gasteiger partial charge in [0.15, 0.2) is 11.7 Å². The summed E-state index contributed by atoms with van der Waals surface area (Å²) < 4.78 is 32.0. The highest BCUT2D eigenvalue weighted by atomic mass is 32.2.